The number of nitrogens with zero attached hydrogens (tertiary/aromatic N) is 1. The van der Waals surface area contributed by atoms with E-state index in [2.05, 4.69) is 5.32 Å². The first-order chi connectivity index (χ1) is 8.93. The topological polar surface area (TPSA) is 92.5 Å². The van der Waals surface area contributed by atoms with Gasteiger partial charge in [-0.15, -0.1) is 0 Å². The van der Waals surface area contributed by atoms with Crippen LogP contribution in [0.4, 0.5) is 11.4 Å². The summed E-state index contributed by atoms with van der Waals surface area (Å²) in [6, 6.07) is 4.70. The van der Waals surface area contributed by atoms with Crippen molar-refractivity contribution >= 4 is 17.3 Å². The van der Waals surface area contributed by atoms with E-state index in [0.717, 1.165) is 12.0 Å². The number of nitrogens with one attached hydrogen (secondary N) is 1. The van der Waals surface area contributed by atoms with Crippen LogP contribution in [0.5, 0.6) is 0 Å². The highest BCUT2D eigenvalue weighted by atomic mass is 16.6. The van der Waals surface area contributed by atoms with Gasteiger partial charge in [0.15, 0.2) is 0 Å². The maximum Gasteiger partial charge on any atom is 0.311 e. The van der Waals surface area contributed by atoms with E-state index >= 15 is 0 Å². The molecular weight excluding hydrogens is 248 g/mol. The largest absolute Gasteiger partial charge is 0.481 e. The molecule has 19 heavy (non-hydrogen) atoms. The van der Waals surface area contributed by atoms with Gasteiger partial charge in [0.05, 0.1) is 10.3 Å². The summed E-state index contributed by atoms with van der Waals surface area (Å²) in [4.78, 5) is 21.5. The Kier molecular flexibility index (Phi) is 3.42. The van der Waals surface area contributed by atoms with E-state index in [9.17, 15) is 20.0 Å². The molecule has 1 aromatic carbocycles. The summed E-state index contributed by atoms with van der Waals surface area (Å²) < 4.78 is 0. The third kappa shape index (κ3) is 2.67. The van der Waals surface area contributed by atoms with Gasteiger partial charge in [-0.05, 0) is 31.4 Å². The summed E-state index contributed by atoms with van der Waals surface area (Å²) in [5.41, 5.74) is 0.674. The van der Waals surface area contributed by atoms with E-state index in [-0.39, 0.29) is 5.69 Å². The molecule has 0 aliphatic heterocycles. The van der Waals surface area contributed by atoms with Crippen LogP contribution in [0.25, 0.3) is 0 Å². The van der Waals surface area contributed by atoms with Gasteiger partial charge in [0, 0.05) is 24.4 Å². The molecule has 1 aliphatic rings. The molecule has 0 bridgehead atoms. The van der Waals surface area contributed by atoms with Gasteiger partial charge in [-0.25, -0.2) is 0 Å². The van der Waals surface area contributed by atoms with Crippen LogP contribution in [0.2, 0.25) is 0 Å². The second-order valence-electron chi connectivity index (χ2n) is 5.11. The van der Waals surface area contributed by atoms with Crippen LogP contribution >= 0.6 is 0 Å². The van der Waals surface area contributed by atoms with Crippen molar-refractivity contribution < 1.29 is 14.8 Å². The zero-order valence-electron chi connectivity index (χ0n) is 10.7. The Morgan fingerprint density at radius 1 is 1.47 bits per heavy atom. The second kappa shape index (κ2) is 4.87. The number of non-ortho nitro benzene ring substituents is 1. The summed E-state index contributed by atoms with van der Waals surface area (Å²) in [7, 11) is 0. The van der Waals surface area contributed by atoms with Crippen LogP contribution in [0.3, 0.4) is 0 Å². The van der Waals surface area contributed by atoms with Crippen molar-refractivity contribution in [1.29, 1.82) is 0 Å². The first kappa shape index (κ1) is 13.3. The smallest absolute Gasteiger partial charge is 0.311 e. The van der Waals surface area contributed by atoms with Crippen molar-refractivity contribution in [3.05, 3.63) is 33.9 Å². The Hall–Kier alpha value is -2.11. The van der Waals surface area contributed by atoms with Crippen molar-refractivity contribution in [2.24, 2.45) is 5.41 Å². The first-order valence-corrected chi connectivity index (χ1v) is 6.16. The van der Waals surface area contributed by atoms with Crippen LogP contribution in [0, 0.1) is 22.5 Å². The van der Waals surface area contributed by atoms with Crippen LogP contribution in [0.1, 0.15) is 24.8 Å². The van der Waals surface area contributed by atoms with Crippen LogP contribution < -0.4 is 5.32 Å². The minimum atomic E-state index is -0.798. The van der Waals surface area contributed by atoms with Crippen molar-refractivity contribution in [2.75, 3.05) is 11.9 Å². The van der Waals surface area contributed by atoms with E-state index < -0.39 is 16.3 Å². The Morgan fingerprint density at radius 3 is 2.63 bits per heavy atom. The Labute approximate surface area is 110 Å². The minimum absolute atomic E-state index is 0.0143. The van der Waals surface area contributed by atoms with Crippen LogP contribution in [-0.2, 0) is 4.79 Å². The number of carboxylic acid groups (broad SMARTS) is 1. The molecule has 1 aliphatic carbocycles. The number of carbonyl (C=O) groups is 1. The second-order valence-corrected chi connectivity index (χ2v) is 5.11. The molecule has 2 rings (SSSR count). The third-order valence-electron chi connectivity index (χ3n) is 3.67. The van der Waals surface area contributed by atoms with Gasteiger partial charge in [-0.2, -0.15) is 0 Å². The highest BCUT2D eigenvalue weighted by Gasteiger charge is 2.44. The van der Waals surface area contributed by atoms with Gasteiger partial charge in [0.2, 0.25) is 0 Å². The Morgan fingerprint density at radius 2 is 2.16 bits per heavy atom. The lowest BCUT2D eigenvalue weighted by molar-refractivity contribution is -0.384. The molecule has 0 aromatic heterocycles. The number of aryl methyl sites for hydroxylation is 1. The van der Waals surface area contributed by atoms with Crippen LogP contribution in [-0.4, -0.2) is 22.5 Å². The van der Waals surface area contributed by atoms with Crippen molar-refractivity contribution in [3.8, 4) is 0 Å². The number of carboxylic acids is 1. The molecular formula is C13H16N2O4. The average Bonchev–Trinajstić information content (AvgIpc) is 2.26. The SMILES string of the molecule is Cc1cc(NCC2(C(=O)O)CCC2)cc([N+](=O)[O-])c1. The number of hydrogen-bond donors (Lipinski definition) is 2. The van der Waals surface area contributed by atoms with Gasteiger partial charge in [-0.3, -0.25) is 14.9 Å². The number of anilines is 1. The van der Waals surface area contributed by atoms with Crippen molar-refractivity contribution in [1.82, 2.24) is 0 Å². The normalized spacial score (nSPS) is 16.5. The fourth-order valence-electron chi connectivity index (χ4n) is 2.31. The third-order valence-corrected chi connectivity index (χ3v) is 3.67. The molecule has 0 saturated heterocycles. The molecule has 0 amide bonds. The summed E-state index contributed by atoms with van der Waals surface area (Å²) in [5, 5.41) is 23.0. The van der Waals surface area contributed by atoms with Gasteiger partial charge < -0.3 is 10.4 Å². The molecule has 0 atom stereocenters. The number of nitro benzene ring substituents is 1. The lowest BCUT2D eigenvalue weighted by Gasteiger charge is -2.37. The zero-order chi connectivity index (χ0) is 14.0. The fraction of sp³-hybridized carbons (Fsp3) is 0.462. The lowest BCUT2D eigenvalue weighted by Crippen LogP contribution is -2.43. The number of nitro groups is 1. The molecule has 2 N–H and O–H groups in total. The van der Waals surface area contributed by atoms with Gasteiger partial charge >= 0.3 is 5.97 Å². The Bertz CT molecular complexity index is 523. The number of hydrogen-bond acceptors (Lipinski definition) is 4. The van der Waals surface area contributed by atoms with E-state index in [0.29, 0.717) is 25.1 Å². The molecule has 0 spiro atoms. The van der Waals surface area contributed by atoms with E-state index in [1.54, 1.807) is 13.0 Å². The predicted octanol–water partition coefficient (Wildman–Crippen LogP) is 2.57. The molecule has 1 saturated carbocycles. The minimum Gasteiger partial charge on any atom is -0.481 e. The summed E-state index contributed by atoms with van der Waals surface area (Å²) in [5.74, 6) is -0.798. The highest BCUT2D eigenvalue weighted by Crippen LogP contribution is 2.41. The molecule has 0 unspecified atom stereocenters. The molecule has 0 radical (unpaired) electrons. The zero-order valence-corrected chi connectivity index (χ0v) is 10.7. The quantitative estimate of drug-likeness (QED) is 0.629. The standard InChI is InChI=1S/C13H16N2O4/c1-9-5-10(7-11(6-9)15(18)19)14-8-13(12(16)17)3-2-4-13/h5-7,14H,2-4,8H2,1H3,(H,16,17). The van der Waals surface area contributed by atoms with Crippen molar-refractivity contribution in [3.63, 3.8) is 0 Å². The Balaban J connectivity index is 2.11. The van der Waals surface area contributed by atoms with Gasteiger partial charge in [0.25, 0.3) is 5.69 Å². The summed E-state index contributed by atoms with van der Waals surface area (Å²) >= 11 is 0. The van der Waals surface area contributed by atoms with E-state index in [4.69, 9.17) is 0 Å². The summed E-state index contributed by atoms with van der Waals surface area (Å²) in [6.07, 6.45) is 2.23. The molecule has 102 valence electrons. The molecule has 1 fully saturated rings. The van der Waals surface area contributed by atoms with Gasteiger partial charge in [0.1, 0.15) is 0 Å². The lowest BCUT2D eigenvalue weighted by atomic mass is 9.69. The highest BCUT2D eigenvalue weighted by molar-refractivity contribution is 5.76. The first-order valence-electron chi connectivity index (χ1n) is 6.16. The van der Waals surface area contributed by atoms with E-state index in [1.807, 2.05) is 0 Å². The molecule has 0 heterocycles. The van der Waals surface area contributed by atoms with E-state index in [1.165, 1.54) is 12.1 Å². The predicted molar refractivity (Wildman–Crippen MR) is 70.2 cm³/mol. The maximum atomic E-state index is 11.2. The summed E-state index contributed by atoms with van der Waals surface area (Å²) in [6.45, 7) is 2.08. The molecule has 1 aromatic rings. The van der Waals surface area contributed by atoms with Gasteiger partial charge in [-0.1, -0.05) is 6.42 Å². The molecule has 6 heteroatoms. The number of rotatable bonds is 5. The average molecular weight is 264 g/mol. The fourth-order valence-corrected chi connectivity index (χ4v) is 2.31. The number of benzene rings is 1. The molecule has 6 nitrogen and oxygen atoms in total. The van der Waals surface area contributed by atoms with Crippen molar-refractivity contribution in [2.45, 2.75) is 26.2 Å². The monoisotopic (exact) mass is 264 g/mol. The van der Waals surface area contributed by atoms with Crippen LogP contribution in [0.15, 0.2) is 18.2 Å². The number of aliphatic carboxylic acids is 1. The maximum absolute atomic E-state index is 11.2.